The quantitative estimate of drug-likeness (QED) is 0.856. The van der Waals surface area contributed by atoms with Crippen LogP contribution in [0.2, 0.25) is 0 Å². The van der Waals surface area contributed by atoms with Crippen molar-refractivity contribution in [1.29, 1.82) is 0 Å². The summed E-state index contributed by atoms with van der Waals surface area (Å²) in [6, 6.07) is 1.58. The van der Waals surface area contributed by atoms with Crippen LogP contribution in [-0.2, 0) is 0 Å². The van der Waals surface area contributed by atoms with Gasteiger partial charge in [-0.15, -0.1) is 0 Å². The number of thioether (sulfide) groups is 1. The molecule has 2 saturated heterocycles. The van der Waals surface area contributed by atoms with Gasteiger partial charge >= 0.3 is 0 Å². The summed E-state index contributed by atoms with van der Waals surface area (Å²) in [6.07, 6.45) is 10.1. The van der Waals surface area contributed by atoms with Crippen molar-refractivity contribution < 1.29 is 0 Å². The third-order valence-corrected chi connectivity index (χ3v) is 7.00. The van der Waals surface area contributed by atoms with Crippen molar-refractivity contribution in [1.82, 2.24) is 10.2 Å². The Kier molecular flexibility index (Phi) is 5.70. The molecule has 0 bridgehead atoms. The van der Waals surface area contributed by atoms with Crippen molar-refractivity contribution in [3.8, 4) is 0 Å². The molecular formula is C17H32N2S. The van der Waals surface area contributed by atoms with E-state index in [4.69, 9.17) is 0 Å². The monoisotopic (exact) mass is 296 g/mol. The summed E-state index contributed by atoms with van der Waals surface area (Å²) < 4.78 is 0. The molecule has 116 valence electrons. The van der Waals surface area contributed by atoms with Gasteiger partial charge in [0.1, 0.15) is 0 Å². The molecular weight excluding hydrogens is 264 g/mol. The summed E-state index contributed by atoms with van der Waals surface area (Å²) in [5, 5.41) is 3.90. The van der Waals surface area contributed by atoms with E-state index < -0.39 is 0 Å². The Balaban J connectivity index is 1.56. The molecule has 0 aromatic carbocycles. The first-order valence-corrected chi connectivity index (χ1v) is 10.1. The van der Waals surface area contributed by atoms with Gasteiger partial charge in [0.2, 0.25) is 0 Å². The first kappa shape index (κ1) is 15.2. The van der Waals surface area contributed by atoms with E-state index in [1.807, 2.05) is 0 Å². The third kappa shape index (κ3) is 3.72. The van der Waals surface area contributed by atoms with Crippen molar-refractivity contribution in [3.05, 3.63) is 0 Å². The average Bonchev–Trinajstić information content (AvgIpc) is 3.01. The van der Waals surface area contributed by atoms with E-state index in [0.717, 1.165) is 23.9 Å². The first-order chi connectivity index (χ1) is 9.86. The smallest absolute Gasteiger partial charge is 0.0224 e. The van der Waals surface area contributed by atoms with E-state index in [1.54, 1.807) is 0 Å². The minimum Gasteiger partial charge on any atom is -0.311 e. The van der Waals surface area contributed by atoms with Crippen LogP contribution in [0.4, 0.5) is 0 Å². The Labute approximate surface area is 129 Å². The molecule has 3 heteroatoms. The van der Waals surface area contributed by atoms with Gasteiger partial charge in [-0.3, -0.25) is 4.90 Å². The van der Waals surface area contributed by atoms with Gasteiger partial charge in [-0.05, 0) is 49.0 Å². The Bertz CT molecular complexity index is 285. The van der Waals surface area contributed by atoms with Gasteiger partial charge < -0.3 is 5.32 Å². The predicted octanol–water partition coefficient (Wildman–Crippen LogP) is 3.37. The molecule has 3 unspecified atom stereocenters. The first-order valence-electron chi connectivity index (χ1n) is 8.92. The van der Waals surface area contributed by atoms with E-state index in [2.05, 4.69) is 28.9 Å². The highest BCUT2D eigenvalue weighted by atomic mass is 32.2. The van der Waals surface area contributed by atoms with Crippen LogP contribution < -0.4 is 5.32 Å². The zero-order chi connectivity index (χ0) is 13.8. The second-order valence-corrected chi connectivity index (χ2v) is 8.31. The SMILES string of the molecule is CCC1CNC(C2CCCCC2)CN1CC1CCSC1. The van der Waals surface area contributed by atoms with Crippen LogP contribution in [-0.4, -0.2) is 48.1 Å². The van der Waals surface area contributed by atoms with Crippen LogP contribution in [0.25, 0.3) is 0 Å². The molecule has 0 amide bonds. The lowest BCUT2D eigenvalue weighted by Crippen LogP contribution is -2.59. The van der Waals surface area contributed by atoms with Crippen molar-refractivity contribution in [2.75, 3.05) is 31.1 Å². The van der Waals surface area contributed by atoms with Crippen LogP contribution in [0, 0.1) is 11.8 Å². The number of rotatable bonds is 4. The minimum absolute atomic E-state index is 0.784. The Hall–Kier alpha value is 0.270. The largest absolute Gasteiger partial charge is 0.311 e. The van der Waals surface area contributed by atoms with Crippen LogP contribution in [0.15, 0.2) is 0 Å². The summed E-state index contributed by atoms with van der Waals surface area (Å²) in [6.45, 7) is 6.29. The second-order valence-electron chi connectivity index (χ2n) is 7.16. The standard InChI is InChI=1S/C17H32N2S/c1-2-16-10-18-17(15-6-4-3-5-7-15)12-19(16)11-14-8-9-20-13-14/h14-18H,2-13H2,1H3. The highest BCUT2D eigenvalue weighted by Crippen LogP contribution is 2.30. The summed E-state index contributed by atoms with van der Waals surface area (Å²) in [7, 11) is 0. The zero-order valence-electron chi connectivity index (χ0n) is 13.2. The molecule has 20 heavy (non-hydrogen) atoms. The summed E-state index contributed by atoms with van der Waals surface area (Å²) in [5.74, 6) is 4.75. The van der Waals surface area contributed by atoms with Crippen molar-refractivity contribution in [2.45, 2.75) is 64.0 Å². The van der Waals surface area contributed by atoms with Crippen LogP contribution in [0.3, 0.4) is 0 Å². The summed E-state index contributed by atoms with van der Waals surface area (Å²) in [5.41, 5.74) is 0. The fourth-order valence-electron chi connectivity index (χ4n) is 4.42. The van der Waals surface area contributed by atoms with Crippen molar-refractivity contribution in [3.63, 3.8) is 0 Å². The Morgan fingerprint density at radius 3 is 2.70 bits per heavy atom. The molecule has 0 aromatic heterocycles. The maximum atomic E-state index is 3.90. The molecule has 1 N–H and O–H groups in total. The highest BCUT2D eigenvalue weighted by molar-refractivity contribution is 7.99. The Morgan fingerprint density at radius 2 is 2.00 bits per heavy atom. The molecule has 0 aromatic rings. The average molecular weight is 297 g/mol. The van der Waals surface area contributed by atoms with Gasteiger partial charge in [-0.1, -0.05) is 26.2 Å². The second kappa shape index (κ2) is 7.51. The van der Waals surface area contributed by atoms with E-state index >= 15 is 0 Å². The molecule has 3 atom stereocenters. The maximum absolute atomic E-state index is 3.90. The summed E-state index contributed by atoms with van der Waals surface area (Å²) in [4.78, 5) is 2.85. The molecule has 3 rings (SSSR count). The third-order valence-electron chi connectivity index (χ3n) is 5.77. The number of nitrogens with zero attached hydrogens (tertiary/aromatic N) is 1. The molecule has 2 heterocycles. The number of piperazine rings is 1. The lowest BCUT2D eigenvalue weighted by atomic mass is 9.82. The van der Waals surface area contributed by atoms with Gasteiger partial charge in [-0.25, -0.2) is 0 Å². The van der Waals surface area contributed by atoms with Gasteiger partial charge in [0.25, 0.3) is 0 Å². The molecule has 2 aliphatic heterocycles. The van der Waals surface area contributed by atoms with Gasteiger partial charge in [0, 0.05) is 31.7 Å². The fraction of sp³-hybridized carbons (Fsp3) is 1.00. The number of hydrogen-bond donors (Lipinski definition) is 1. The number of hydrogen-bond acceptors (Lipinski definition) is 3. The van der Waals surface area contributed by atoms with E-state index in [-0.39, 0.29) is 0 Å². The molecule has 3 aliphatic rings. The lowest BCUT2D eigenvalue weighted by molar-refractivity contribution is 0.0821. The fourth-order valence-corrected chi connectivity index (χ4v) is 5.69. The van der Waals surface area contributed by atoms with E-state index in [9.17, 15) is 0 Å². The van der Waals surface area contributed by atoms with Gasteiger partial charge in [0.05, 0.1) is 0 Å². The van der Waals surface area contributed by atoms with Crippen molar-refractivity contribution >= 4 is 11.8 Å². The normalized spacial score (nSPS) is 37.4. The predicted molar refractivity (Wildman–Crippen MR) is 89.4 cm³/mol. The molecule has 2 nitrogen and oxygen atoms in total. The van der Waals surface area contributed by atoms with Crippen LogP contribution >= 0.6 is 11.8 Å². The minimum atomic E-state index is 0.784. The van der Waals surface area contributed by atoms with E-state index in [1.165, 1.54) is 76.1 Å². The molecule has 0 spiro atoms. The maximum Gasteiger partial charge on any atom is 0.0224 e. The summed E-state index contributed by atoms with van der Waals surface area (Å²) >= 11 is 2.17. The van der Waals surface area contributed by atoms with Gasteiger partial charge in [0.15, 0.2) is 0 Å². The topological polar surface area (TPSA) is 15.3 Å². The number of nitrogens with one attached hydrogen (secondary N) is 1. The zero-order valence-corrected chi connectivity index (χ0v) is 14.0. The lowest BCUT2D eigenvalue weighted by Gasteiger charge is -2.44. The highest BCUT2D eigenvalue weighted by Gasteiger charge is 2.33. The van der Waals surface area contributed by atoms with Crippen LogP contribution in [0.5, 0.6) is 0 Å². The van der Waals surface area contributed by atoms with E-state index in [0.29, 0.717) is 0 Å². The van der Waals surface area contributed by atoms with Crippen LogP contribution in [0.1, 0.15) is 51.9 Å². The molecule has 0 radical (unpaired) electrons. The molecule has 1 saturated carbocycles. The van der Waals surface area contributed by atoms with Crippen molar-refractivity contribution in [2.24, 2.45) is 11.8 Å². The van der Waals surface area contributed by atoms with Gasteiger partial charge in [-0.2, -0.15) is 11.8 Å². The molecule has 3 fully saturated rings. The molecule has 1 aliphatic carbocycles. The Morgan fingerprint density at radius 1 is 1.15 bits per heavy atom.